The number of benzene rings is 12. The fraction of sp³-hybridized carbons (Fsp3) is 0.229. The second kappa shape index (κ2) is 28.1. The number of phenols is 1. The molecule has 91 heavy (non-hydrogen) atoms. The molecule has 3 N–H and O–H groups in total. The van der Waals surface area contributed by atoms with Crippen LogP contribution in [0.1, 0.15) is 109 Å². The number of rotatable bonds is 6. The van der Waals surface area contributed by atoms with Crippen molar-refractivity contribution in [2.24, 2.45) is 0 Å². The van der Waals surface area contributed by atoms with E-state index < -0.39 is 0 Å². The standard InChI is InChI=1S/2C21H21NO.C20H18BrN.C20H19NO.CH4/c2*1-22-12-19-10-15(14-23)6-9-20(19)21(13-22)18-8-7-16-4-2-3-5-17(16)11-18;1-22-12-17-11-18(21)8-9-19(17)20(13-22)16-7-6-14-4-2-3-5-15(14)10-16;1-21-12-17-11-18(22)8-9-19(17)20(13-21)16-7-6-14-4-2-3-5-15(14)10-16;/h2*2-11,21,23H,12-14H2,1H3;2-11,20H,12-13H2,1H3;2-11,20,22H,12-13H2,1H3;1H4. The molecule has 4 aliphatic heterocycles. The van der Waals surface area contributed by atoms with E-state index in [0.29, 0.717) is 29.4 Å². The lowest BCUT2D eigenvalue weighted by Crippen LogP contribution is -2.31. The Morgan fingerprint density at radius 3 is 0.912 bits per heavy atom. The minimum Gasteiger partial charge on any atom is -0.508 e. The van der Waals surface area contributed by atoms with Gasteiger partial charge >= 0.3 is 0 Å². The normalized spacial score (nSPS) is 18.0. The first kappa shape index (κ1) is 62.9. The lowest BCUT2D eigenvalue weighted by molar-refractivity contribution is 0.278. The topological polar surface area (TPSA) is 73.7 Å². The van der Waals surface area contributed by atoms with E-state index in [0.717, 1.165) is 63.5 Å². The third-order valence-corrected chi connectivity index (χ3v) is 19.4. The SMILES string of the molecule is C.CN1Cc2cc(Br)ccc2C(c2ccc3ccccc3c2)C1.CN1Cc2cc(CO)ccc2C(c2ccc3ccccc3c2)C1.CN1Cc2cc(CO)ccc2C(c2ccc3ccccc3c2)C1.CN1Cc2cc(O)ccc2C(c2ccc3ccccc3c2)C1. The van der Waals surface area contributed by atoms with Crippen LogP contribution in [-0.2, 0) is 39.4 Å². The molecule has 0 fully saturated rings. The first-order chi connectivity index (χ1) is 43.9. The van der Waals surface area contributed by atoms with E-state index in [1.807, 2.05) is 6.07 Å². The predicted molar refractivity (Wildman–Crippen MR) is 382 cm³/mol. The second-order valence-electron chi connectivity index (χ2n) is 25.5. The molecule has 4 unspecified atom stereocenters. The zero-order valence-electron chi connectivity index (χ0n) is 52.0. The smallest absolute Gasteiger partial charge is 0.115 e. The molecule has 16 rings (SSSR count). The molecule has 7 nitrogen and oxygen atoms in total. The molecule has 12 aromatic carbocycles. The number of phenolic OH excluding ortho intramolecular Hbond substituents is 1. The van der Waals surface area contributed by atoms with Crippen LogP contribution in [0.4, 0.5) is 0 Å². The van der Waals surface area contributed by atoms with E-state index in [1.165, 1.54) is 114 Å². The Balaban J connectivity index is 0.000000117. The molecule has 4 heterocycles. The predicted octanol–water partition coefficient (Wildman–Crippen LogP) is 17.8. The quantitative estimate of drug-likeness (QED) is 0.153. The lowest BCUT2D eigenvalue weighted by Gasteiger charge is -2.33. The average molecular weight is 1260 g/mol. The number of likely N-dealkylation sites (N-methyl/N-ethyl adjacent to an activating group) is 4. The number of aromatic hydroxyl groups is 1. The van der Waals surface area contributed by atoms with E-state index >= 15 is 0 Å². The maximum Gasteiger partial charge on any atom is 0.115 e. The van der Waals surface area contributed by atoms with Gasteiger partial charge in [0.25, 0.3) is 0 Å². The van der Waals surface area contributed by atoms with Gasteiger partial charge in [-0.3, -0.25) is 0 Å². The molecule has 0 bridgehead atoms. The van der Waals surface area contributed by atoms with Gasteiger partial charge in [-0.1, -0.05) is 242 Å². The van der Waals surface area contributed by atoms with Crippen molar-refractivity contribution in [1.29, 1.82) is 0 Å². The summed E-state index contributed by atoms with van der Waals surface area (Å²) in [4.78, 5) is 9.46. The number of halogens is 1. The fourth-order valence-electron chi connectivity index (χ4n) is 14.5. The van der Waals surface area contributed by atoms with Crippen LogP contribution in [0.3, 0.4) is 0 Å². The summed E-state index contributed by atoms with van der Waals surface area (Å²) >= 11 is 3.60. The Bertz CT molecular complexity index is 4260. The first-order valence-corrected chi connectivity index (χ1v) is 32.4. The molecule has 0 saturated heterocycles. The van der Waals surface area contributed by atoms with Crippen molar-refractivity contribution >= 4 is 59.0 Å². The third-order valence-electron chi connectivity index (χ3n) is 19.0. The summed E-state index contributed by atoms with van der Waals surface area (Å²) < 4.78 is 1.17. The highest BCUT2D eigenvalue weighted by molar-refractivity contribution is 9.10. The number of aliphatic hydroxyl groups excluding tert-OH is 2. The van der Waals surface area contributed by atoms with Crippen molar-refractivity contribution in [1.82, 2.24) is 19.6 Å². The molecule has 0 radical (unpaired) electrons. The fourth-order valence-corrected chi connectivity index (χ4v) is 14.9. The maximum atomic E-state index is 9.75. The van der Waals surface area contributed by atoms with Crippen molar-refractivity contribution in [2.45, 2.75) is 70.5 Å². The summed E-state index contributed by atoms with van der Waals surface area (Å²) in [5.74, 6) is 1.94. The number of fused-ring (bicyclic) bond motifs is 8. The molecule has 4 atom stereocenters. The molecule has 0 amide bonds. The van der Waals surface area contributed by atoms with Crippen molar-refractivity contribution in [3.8, 4) is 5.75 Å². The van der Waals surface area contributed by atoms with E-state index in [4.69, 9.17) is 0 Å². The van der Waals surface area contributed by atoms with Crippen LogP contribution in [0.5, 0.6) is 5.75 Å². The second-order valence-corrected chi connectivity index (χ2v) is 26.4. The summed E-state index contributed by atoms with van der Waals surface area (Å²) in [5.41, 5.74) is 18.4. The van der Waals surface area contributed by atoms with Gasteiger partial charge in [0.2, 0.25) is 0 Å². The first-order valence-electron chi connectivity index (χ1n) is 31.6. The van der Waals surface area contributed by atoms with E-state index in [1.54, 1.807) is 6.07 Å². The van der Waals surface area contributed by atoms with Gasteiger partial charge in [0.1, 0.15) is 5.75 Å². The Hall–Kier alpha value is -8.28. The molecule has 0 aliphatic carbocycles. The molecule has 4 aliphatic rings. The molecular weight excluding hydrogens is 1180 g/mol. The minimum atomic E-state index is 0. The number of hydrogen-bond donors (Lipinski definition) is 3. The van der Waals surface area contributed by atoms with E-state index in [2.05, 4.69) is 294 Å². The van der Waals surface area contributed by atoms with Crippen molar-refractivity contribution in [2.75, 3.05) is 54.4 Å². The molecular formula is C83H83BrN4O3. The lowest BCUT2D eigenvalue weighted by atomic mass is 9.83. The Morgan fingerprint density at radius 1 is 0.319 bits per heavy atom. The van der Waals surface area contributed by atoms with Gasteiger partial charge in [-0.25, -0.2) is 0 Å². The van der Waals surface area contributed by atoms with Crippen molar-refractivity contribution in [3.63, 3.8) is 0 Å². The van der Waals surface area contributed by atoms with Crippen LogP contribution in [0, 0.1) is 0 Å². The van der Waals surface area contributed by atoms with Crippen LogP contribution < -0.4 is 0 Å². The van der Waals surface area contributed by atoms with Crippen molar-refractivity contribution < 1.29 is 15.3 Å². The average Bonchev–Trinajstić information content (AvgIpc) is 2.02. The highest BCUT2D eigenvalue weighted by Gasteiger charge is 2.29. The van der Waals surface area contributed by atoms with Gasteiger partial charge in [-0.05, 0) is 173 Å². The van der Waals surface area contributed by atoms with E-state index in [-0.39, 0.29) is 20.6 Å². The van der Waals surface area contributed by atoms with Crippen LogP contribution in [0.25, 0.3) is 43.1 Å². The Labute approximate surface area is 546 Å². The molecule has 12 aromatic rings. The van der Waals surface area contributed by atoms with Gasteiger partial charge in [0, 0.05) is 80.5 Å². The van der Waals surface area contributed by atoms with Gasteiger partial charge in [-0.2, -0.15) is 0 Å². The minimum absolute atomic E-state index is 0. The molecule has 0 aromatic heterocycles. The summed E-state index contributed by atoms with van der Waals surface area (Å²) in [7, 11) is 8.68. The zero-order valence-corrected chi connectivity index (χ0v) is 53.6. The number of aliphatic hydroxyl groups is 2. The van der Waals surface area contributed by atoms with Crippen LogP contribution in [0.15, 0.2) is 247 Å². The van der Waals surface area contributed by atoms with Crippen LogP contribution in [0.2, 0.25) is 0 Å². The molecule has 0 saturated carbocycles. The van der Waals surface area contributed by atoms with Crippen molar-refractivity contribution in [3.05, 3.63) is 325 Å². The van der Waals surface area contributed by atoms with Gasteiger partial charge in [0.05, 0.1) is 13.2 Å². The number of nitrogens with zero attached hydrogens (tertiary/aromatic N) is 4. The third kappa shape index (κ3) is 14.1. The largest absolute Gasteiger partial charge is 0.508 e. The molecule has 8 heteroatoms. The molecule has 460 valence electrons. The van der Waals surface area contributed by atoms with Gasteiger partial charge in [0.15, 0.2) is 0 Å². The van der Waals surface area contributed by atoms with Crippen LogP contribution in [-0.4, -0.2) is 89.3 Å². The van der Waals surface area contributed by atoms with Gasteiger partial charge in [-0.15, -0.1) is 0 Å². The van der Waals surface area contributed by atoms with Crippen LogP contribution >= 0.6 is 15.9 Å². The summed E-state index contributed by atoms with van der Waals surface area (Å²) in [6.07, 6.45) is 0. The molecule has 0 spiro atoms. The Kier molecular flexibility index (Phi) is 19.4. The monoisotopic (exact) mass is 1260 g/mol. The summed E-state index contributed by atoms with van der Waals surface area (Å²) in [6.45, 7) is 8.19. The highest BCUT2D eigenvalue weighted by Crippen LogP contribution is 2.40. The maximum absolute atomic E-state index is 9.75. The van der Waals surface area contributed by atoms with Gasteiger partial charge < -0.3 is 34.9 Å². The Morgan fingerprint density at radius 2 is 0.593 bits per heavy atom. The summed E-state index contributed by atoms with van der Waals surface area (Å²) in [6, 6.07) is 86.7. The zero-order chi connectivity index (χ0) is 61.8. The summed E-state index contributed by atoms with van der Waals surface area (Å²) in [5, 5.41) is 38.9. The van der Waals surface area contributed by atoms with E-state index in [9.17, 15) is 15.3 Å². The highest BCUT2D eigenvalue weighted by atomic mass is 79.9. The number of hydrogen-bond acceptors (Lipinski definition) is 7.